The molecule has 4 nitrogen and oxygen atoms in total. The van der Waals surface area contributed by atoms with Crippen LogP contribution in [0.1, 0.15) is 32.0 Å². The van der Waals surface area contributed by atoms with Crippen molar-refractivity contribution in [1.29, 1.82) is 0 Å². The highest BCUT2D eigenvalue weighted by atomic mass is 16.5. The summed E-state index contributed by atoms with van der Waals surface area (Å²) in [6.45, 7) is 8.28. The third-order valence-corrected chi connectivity index (χ3v) is 3.78. The third-order valence-electron chi connectivity index (χ3n) is 3.78. The summed E-state index contributed by atoms with van der Waals surface area (Å²) in [6.07, 6.45) is 3.21. The van der Waals surface area contributed by atoms with Gasteiger partial charge in [-0.1, -0.05) is 6.92 Å². The summed E-state index contributed by atoms with van der Waals surface area (Å²) < 4.78 is 5.24. The zero-order chi connectivity index (χ0) is 13.7. The van der Waals surface area contributed by atoms with E-state index < -0.39 is 0 Å². The van der Waals surface area contributed by atoms with Crippen molar-refractivity contribution in [1.82, 2.24) is 10.3 Å². The summed E-state index contributed by atoms with van der Waals surface area (Å²) in [7, 11) is 1.78. The molecule has 1 N–H and O–H groups in total. The number of ether oxygens (including phenoxy) is 1. The van der Waals surface area contributed by atoms with Crippen LogP contribution < -0.4 is 10.2 Å². The van der Waals surface area contributed by atoms with Crippen LogP contribution in [0, 0.1) is 5.92 Å². The molecule has 2 unspecified atom stereocenters. The summed E-state index contributed by atoms with van der Waals surface area (Å²) in [6, 6.07) is 4.64. The lowest BCUT2D eigenvalue weighted by atomic mass is 10.1. The maximum atomic E-state index is 5.24. The minimum Gasteiger partial charge on any atom is -0.384 e. The zero-order valence-corrected chi connectivity index (χ0v) is 12.2. The van der Waals surface area contributed by atoms with Gasteiger partial charge < -0.3 is 15.0 Å². The molecule has 2 heterocycles. The van der Waals surface area contributed by atoms with Crippen molar-refractivity contribution in [3.05, 3.63) is 24.0 Å². The van der Waals surface area contributed by atoms with Gasteiger partial charge in [-0.3, -0.25) is 4.98 Å². The molecule has 0 radical (unpaired) electrons. The number of aromatic nitrogens is 1. The van der Waals surface area contributed by atoms with Gasteiger partial charge in [-0.05, 0) is 32.0 Å². The number of pyridine rings is 1. The van der Waals surface area contributed by atoms with Crippen LogP contribution in [0.25, 0.3) is 0 Å². The molecule has 0 amide bonds. The van der Waals surface area contributed by atoms with Crippen molar-refractivity contribution in [3.63, 3.8) is 0 Å². The Morgan fingerprint density at radius 1 is 1.53 bits per heavy atom. The van der Waals surface area contributed by atoms with E-state index in [-0.39, 0.29) is 0 Å². The lowest BCUT2D eigenvalue weighted by molar-refractivity contribution is 0.161. The van der Waals surface area contributed by atoms with Gasteiger partial charge in [0.15, 0.2) is 0 Å². The lowest BCUT2D eigenvalue weighted by Gasteiger charge is -2.19. The molecule has 1 aliphatic rings. The van der Waals surface area contributed by atoms with Crippen molar-refractivity contribution >= 4 is 5.69 Å². The number of hydrogen-bond donors (Lipinski definition) is 1. The fourth-order valence-corrected chi connectivity index (χ4v) is 2.69. The molecule has 1 aliphatic heterocycles. The summed E-state index contributed by atoms with van der Waals surface area (Å²) >= 11 is 0. The highest BCUT2D eigenvalue weighted by molar-refractivity contribution is 5.45. The van der Waals surface area contributed by atoms with Crippen LogP contribution >= 0.6 is 0 Å². The lowest BCUT2D eigenvalue weighted by Crippen LogP contribution is -2.22. The second-order valence-corrected chi connectivity index (χ2v) is 5.28. The first-order chi connectivity index (χ1) is 9.24. The Kier molecular flexibility index (Phi) is 5.16. The van der Waals surface area contributed by atoms with Crippen LogP contribution in [0.2, 0.25) is 0 Å². The van der Waals surface area contributed by atoms with Gasteiger partial charge in [0.05, 0.1) is 24.2 Å². The molecule has 2 atom stereocenters. The maximum absolute atomic E-state index is 5.24. The van der Waals surface area contributed by atoms with Crippen molar-refractivity contribution < 1.29 is 4.74 Å². The number of methoxy groups -OCH3 is 1. The minimum absolute atomic E-state index is 0.318. The van der Waals surface area contributed by atoms with Gasteiger partial charge in [-0.25, -0.2) is 0 Å². The quantitative estimate of drug-likeness (QED) is 0.854. The molecule has 1 saturated heterocycles. The van der Waals surface area contributed by atoms with Crippen LogP contribution in [-0.4, -0.2) is 38.3 Å². The van der Waals surface area contributed by atoms with E-state index in [4.69, 9.17) is 4.74 Å². The number of hydrogen-bond acceptors (Lipinski definition) is 4. The standard InChI is InChI=1S/C15H25N3O/c1-4-16-12(2)15-6-5-14(9-17-15)18-8-7-13(10-18)11-19-3/h5-6,9,12-13,16H,4,7-8,10-11H2,1-3H3. The molecule has 1 aromatic rings. The second-order valence-electron chi connectivity index (χ2n) is 5.28. The molecule has 2 rings (SSSR count). The predicted octanol–water partition coefficient (Wildman–Crippen LogP) is 2.22. The number of nitrogens with one attached hydrogen (secondary N) is 1. The molecule has 0 aromatic carbocycles. The van der Waals surface area contributed by atoms with Gasteiger partial charge in [0, 0.05) is 32.2 Å². The molecule has 0 bridgehead atoms. The Hall–Kier alpha value is -1.13. The molecular weight excluding hydrogens is 238 g/mol. The smallest absolute Gasteiger partial charge is 0.0572 e. The summed E-state index contributed by atoms with van der Waals surface area (Å²) in [5.41, 5.74) is 2.34. The number of nitrogens with zero attached hydrogens (tertiary/aromatic N) is 2. The zero-order valence-electron chi connectivity index (χ0n) is 12.2. The van der Waals surface area contributed by atoms with Crippen LogP contribution in [0.15, 0.2) is 18.3 Å². The topological polar surface area (TPSA) is 37.4 Å². The predicted molar refractivity (Wildman–Crippen MR) is 78.5 cm³/mol. The monoisotopic (exact) mass is 263 g/mol. The van der Waals surface area contributed by atoms with Gasteiger partial charge in [-0.15, -0.1) is 0 Å². The maximum Gasteiger partial charge on any atom is 0.0572 e. The molecule has 1 aromatic heterocycles. The first-order valence-electron chi connectivity index (χ1n) is 7.17. The van der Waals surface area contributed by atoms with Gasteiger partial charge in [-0.2, -0.15) is 0 Å². The molecule has 0 saturated carbocycles. The van der Waals surface area contributed by atoms with Gasteiger partial charge in [0.2, 0.25) is 0 Å². The van der Waals surface area contributed by atoms with Gasteiger partial charge >= 0.3 is 0 Å². The first kappa shape index (κ1) is 14.3. The highest BCUT2D eigenvalue weighted by Gasteiger charge is 2.22. The van der Waals surface area contributed by atoms with Crippen LogP contribution in [-0.2, 0) is 4.74 Å². The van der Waals surface area contributed by atoms with E-state index in [0.29, 0.717) is 12.0 Å². The van der Waals surface area contributed by atoms with Crippen molar-refractivity contribution in [2.75, 3.05) is 38.3 Å². The van der Waals surface area contributed by atoms with Gasteiger partial charge in [0.25, 0.3) is 0 Å². The van der Waals surface area contributed by atoms with Crippen molar-refractivity contribution in [3.8, 4) is 0 Å². The average Bonchev–Trinajstić information content (AvgIpc) is 2.88. The van der Waals surface area contributed by atoms with Gasteiger partial charge in [0.1, 0.15) is 0 Å². The summed E-state index contributed by atoms with van der Waals surface area (Å²) in [5, 5.41) is 3.38. The normalized spacial score (nSPS) is 20.8. The second kappa shape index (κ2) is 6.87. The third kappa shape index (κ3) is 3.67. The Morgan fingerprint density at radius 2 is 2.37 bits per heavy atom. The Bertz CT molecular complexity index is 379. The van der Waals surface area contributed by atoms with E-state index in [2.05, 4.69) is 41.2 Å². The van der Waals surface area contributed by atoms with E-state index in [1.165, 1.54) is 12.1 Å². The summed E-state index contributed by atoms with van der Waals surface area (Å²) in [5.74, 6) is 0.658. The molecule has 4 heteroatoms. The van der Waals surface area contributed by atoms with Crippen LogP contribution in [0.4, 0.5) is 5.69 Å². The molecule has 1 fully saturated rings. The molecule has 0 aliphatic carbocycles. The SMILES string of the molecule is CCNC(C)c1ccc(N2CCC(COC)C2)cn1. The number of rotatable bonds is 6. The average molecular weight is 263 g/mol. The minimum atomic E-state index is 0.318. The van der Waals surface area contributed by atoms with E-state index in [9.17, 15) is 0 Å². The Labute approximate surface area is 116 Å². The first-order valence-corrected chi connectivity index (χ1v) is 7.17. The van der Waals surface area contributed by atoms with Crippen molar-refractivity contribution in [2.45, 2.75) is 26.3 Å². The fraction of sp³-hybridized carbons (Fsp3) is 0.667. The summed E-state index contributed by atoms with van der Waals surface area (Å²) in [4.78, 5) is 6.98. The molecule has 0 spiro atoms. The molecule has 106 valence electrons. The van der Waals surface area contributed by atoms with Crippen LogP contribution in [0.3, 0.4) is 0 Å². The Balaban J connectivity index is 1.95. The molecule has 19 heavy (non-hydrogen) atoms. The van der Waals surface area contributed by atoms with Crippen molar-refractivity contribution in [2.24, 2.45) is 5.92 Å². The fourth-order valence-electron chi connectivity index (χ4n) is 2.69. The van der Waals surface area contributed by atoms with E-state index in [1.54, 1.807) is 7.11 Å². The Morgan fingerprint density at radius 3 is 3.00 bits per heavy atom. The van der Waals surface area contributed by atoms with E-state index in [0.717, 1.165) is 31.9 Å². The highest BCUT2D eigenvalue weighted by Crippen LogP contribution is 2.24. The largest absolute Gasteiger partial charge is 0.384 e. The van der Waals surface area contributed by atoms with E-state index in [1.807, 2.05) is 6.20 Å². The molecular formula is C15H25N3O. The number of anilines is 1. The van der Waals surface area contributed by atoms with E-state index >= 15 is 0 Å². The van der Waals surface area contributed by atoms with Crippen LogP contribution in [0.5, 0.6) is 0 Å².